The highest BCUT2D eigenvalue weighted by molar-refractivity contribution is 5.74. The molecule has 0 saturated heterocycles. The minimum atomic E-state index is 0.780. The monoisotopic (exact) mass is 312 g/mol. The first-order chi connectivity index (χ1) is 11.7. The fourth-order valence-electron chi connectivity index (χ4n) is 2.37. The lowest BCUT2D eigenvalue weighted by Gasteiger charge is -1.99. The highest BCUT2D eigenvalue weighted by Crippen LogP contribution is 2.15. The molecule has 4 N–H and O–H groups in total. The molecule has 0 aliphatic rings. The van der Waals surface area contributed by atoms with E-state index in [0.717, 1.165) is 33.6 Å². The summed E-state index contributed by atoms with van der Waals surface area (Å²) in [6.45, 7) is 0. The molecule has 0 saturated carbocycles. The van der Waals surface area contributed by atoms with Crippen LogP contribution >= 0.6 is 0 Å². The summed E-state index contributed by atoms with van der Waals surface area (Å²) in [6.07, 6.45) is 8.38. The van der Waals surface area contributed by atoms with Crippen molar-refractivity contribution in [1.82, 2.24) is 0 Å². The fraction of sp³-hybridized carbons (Fsp3) is 0. The fourth-order valence-corrected chi connectivity index (χ4v) is 2.37. The number of nitrogen functional groups attached to an aromatic ring is 2. The van der Waals surface area contributed by atoms with Crippen LogP contribution in [-0.4, -0.2) is 0 Å². The van der Waals surface area contributed by atoms with Gasteiger partial charge in [-0.05, 0) is 52.6 Å². The van der Waals surface area contributed by atoms with Crippen LogP contribution in [0.4, 0.5) is 11.4 Å². The lowest BCUT2D eigenvalue weighted by atomic mass is 10.1. The van der Waals surface area contributed by atoms with Gasteiger partial charge in [0.25, 0.3) is 0 Å². The molecule has 0 amide bonds. The number of anilines is 2. The smallest absolute Gasteiger partial charge is 0.0314 e. The van der Waals surface area contributed by atoms with E-state index in [4.69, 9.17) is 11.5 Å². The minimum absolute atomic E-state index is 0.780. The molecule has 0 atom stereocenters. The lowest BCUT2D eigenvalue weighted by Crippen LogP contribution is -1.83. The second-order valence-electron chi connectivity index (χ2n) is 5.67. The third kappa shape index (κ3) is 4.37. The molecule has 3 rings (SSSR count). The zero-order valence-corrected chi connectivity index (χ0v) is 13.4. The van der Waals surface area contributed by atoms with Crippen LogP contribution in [0.1, 0.15) is 22.3 Å². The maximum Gasteiger partial charge on any atom is 0.0314 e. The minimum Gasteiger partial charge on any atom is -0.399 e. The van der Waals surface area contributed by atoms with Crippen LogP contribution in [-0.2, 0) is 0 Å². The highest BCUT2D eigenvalue weighted by atomic mass is 14.5. The normalized spacial score (nSPS) is 11.3. The van der Waals surface area contributed by atoms with Crippen molar-refractivity contribution in [3.05, 3.63) is 95.1 Å². The van der Waals surface area contributed by atoms with Gasteiger partial charge >= 0.3 is 0 Å². The van der Waals surface area contributed by atoms with Gasteiger partial charge in [0.2, 0.25) is 0 Å². The standard InChI is InChI=1S/C22H20N2/c23-21-12-8-17(9-13-21)4-6-19-2-1-3-20(16-19)7-5-18-10-14-22(24)15-11-18/h1-16H,23-24H2. The Hall–Kier alpha value is -3.26. The molecule has 0 spiro atoms. The molecular weight excluding hydrogens is 292 g/mol. The maximum absolute atomic E-state index is 5.70. The molecule has 2 nitrogen and oxygen atoms in total. The van der Waals surface area contributed by atoms with E-state index in [1.54, 1.807) is 0 Å². The van der Waals surface area contributed by atoms with Crippen LogP contribution in [0.2, 0.25) is 0 Å². The molecule has 0 aliphatic heterocycles. The van der Waals surface area contributed by atoms with Crippen LogP contribution in [0, 0.1) is 0 Å². The van der Waals surface area contributed by atoms with E-state index in [-0.39, 0.29) is 0 Å². The van der Waals surface area contributed by atoms with Gasteiger partial charge in [-0.3, -0.25) is 0 Å². The van der Waals surface area contributed by atoms with Crippen LogP contribution in [0.25, 0.3) is 24.3 Å². The molecule has 0 aromatic heterocycles. The first-order valence-electron chi connectivity index (χ1n) is 7.86. The van der Waals surface area contributed by atoms with Gasteiger partial charge in [-0.15, -0.1) is 0 Å². The van der Waals surface area contributed by atoms with Crippen molar-refractivity contribution >= 4 is 35.7 Å². The zero-order valence-electron chi connectivity index (χ0n) is 13.4. The third-order valence-electron chi connectivity index (χ3n) is 3.72. The van der Waals surface area contributed by atoms with E-state index in [1.165, 1.54) is 0 Å². The van der Waals surface area contributed by atoms with Crippen molar-refractivity contribution in [2.45, 2.75) is 0 Å². The van der Waals surface area contributed by atoms with Gasteiger partial charge in [-0.25, -0.2) is 0 Å². The van der Waals surface area contributed by atoms with E-state index in [1.807, 2.05) is 48.5 Å². The van der Waals surface area contributed by atoms with E-state index in [9.17, 15) is 0 Å². The van der Waals surface area contributed by atoms with Crippen molar-refractivity contribution in [1.29, 1.82) is 0 Å². The van der Waals surface area contributed by atoms with Crippen molar-refractivity contribution in [2.75, 3.05) is 11.5 Å². The molecule has 2 heteroatoms. The van der Waals surface area contributed by atoms with Crippen LogP contribution in [0.5, 0.6) is 0 Å². The van der Waals surface area contributed by atoms with Crippen molar-refractivity contribution in [3.8, 4) is 0 Å². The van der Waals surface area contributed by atoms with Crippen LogP contribution in [0.15, 0.2) is 72.8 Å². The van der Waals surface area contributed by atoms with E-state index in [0.29, 0.717) is 0 Å². The summed E-state index contributed by atoms with van der Waals surface area (Å²) in [7, 11) is 0. The molecule has 3 aromatic rings. The van der Waals surface area contributed by atoms with Crippen LogP contribution < -0.4 is 11.5 Å². The van der Waals surface area contributed by atoms with Gasteiger partial charge in [0.05, 0.1) is 0 Å². The molecule has 0 fully saturated rings. The van der Waals surface area contributed by atoms with Crippen molar-refractivity contribution in [3.63, 3.8) is 0 Å². The highest BCUT2D eigenvalue weighted by Gasteiger charge is 1.92. The van der Waals surface area contributed by atoms with E-state index < -0.39 is 0 Å². The summed E-state index contributed by atoms with van der Waals surface area (Å²) in [5, 5.41) is 0. The average Bonchev–Trinajstić information content (AvgIpc) is 2.61. The van der Waals surface area contributed by atoms with Gasteiger partial charge in [0, 0.05) is 11.4 Å². The van der Waals surface area contributed by atoms with E-state index >= 15 is 0 Å². The summed E-state index contributed by atoms with van der Waals surface area (Å²) < 4.78 is 0. The van der Waals surface area contributed by atoms with Crippen molar-refractivity contribution < 1.29 is 0 Å². The predicted octanol–water partition coefficient (Wildman–Crippen LogP) is 5.19. The number of hydrogen-bond donors (Lipinski definition) is 2. The van der Waals surface area contributed by atoms with Gasteiger partial charge in [0.15, 0.2) is 0 Å². The molecule has 0 bridgehead atoms. The predicted molar refractivity (Wildman–Crippen MR) is 106 cm³/mol. The summed E-state index contributed by atoms with van der Waals surface area (Å²) >= 11 is 0. The summed E-state index contributed by atoms with van der Waals surface area (Å²) in [4.78, 5) is 0. The van der Waals surface area contributed by atoms with Crippen LogP contribution in [0.3, 0.4) is 0 Å². The number of benzene rings is 3. The number of nitrogens with two attached hydrogens (primary N) is 2. The molecule has 0 aliphatic carbocycles. The molecular formula is C22H20N2. The average molecular weight is 312 g/mol. The first kappa shape index (κ1) is 15.6. The molecule has 3 aromatic carbocycles. The van der Waals surface area contributed by atoms with Gasteiger partial charge in [-0.1, -0.05) is 66.8 Å². The van der Waals surface area contributed by atoms with Gasteiger partial charge in [0.1, 0.15) is 0 Å². The van der Waals surface area contributed by atoms with Crippen molar-refractivity contribution in [2.24, 2.45) is 0 Å². The van der Waals surface area contributed by atoms with Gasteiger partial charge < -0.3 is 11.5 Å². The SMILES string of the molecule is Nc1ccc(C=Cc2cccc(C=Cc3ccc(N)cc3)c2)cc1. The summed E-state index contributed by atoms with van der Waals surface area (Å²) in [6, 6.07) is 24.1. The second-order valence-corrected chi connectivity index (χ2v) is 5.67. The summed E-state index contributed by atoms with van der Waals surface area (Å²) in [5.74, 6) is 0. The number of rotatable bonds is 4. The molecule has 0 radical (unpaired) electrons. The first-order valence-corrected chi connectivity index (χ1v) is 7.86. The largest absolute Gasteiger partial charge is 0.399 e. The van der Waals surface area contributed by atoms with Gasteiger partial charge in [-0.2, -0.15) is 0 Å². The molecule has 118 valence electrons. The Kier molecular flexibility index (Phi) is 4.78. The Morgan fingerprint density at radius 2 is 0.833 bits per heavy atom. The topological polar surface area (TPSA) is 52.0 Å². The molecule has 24 heavy (non-hydrogen) atoms. The zero-order chi connectivity index (χ0) is 16.8. The molecule has 0 heterocycles. The quantitative estimate of drug-likeness (QED) is 0.514. The second kappa shape index (κ2) is 7.34. The Labute approximate surface area is 142 Å². The third-order valence-corrected chi connectivity index (χ3v) is 3.72. The Balaban J connectivity index is 1.74. The Morgan fingerprint density at radius 3 is 1.25 bits per heavy atom. The summed E-state index contributed by atoms with van der Waals surface area (Å²) in [5.41, 5.74) is 17.5. The Bertz CT molecular complexity index is 786. The Morgan fingerprint density at radius 1 is 0.458 bits per heavy atom. The maximum atomic E-state index is 5.70. The van der Waals surface area contributed by atoms with E-state index in [2.05, 4.69) is 48.6 Å². The number of hydrogen-bond acceptors (Lipinski definition) is 2. The molecule has 0 unspecified atom stereocenters. The lowest BCUT2D eigenvalue weighted by molar-refractivity contribution is 1.61.